The summed E-state index contributed by atoms with van der Waals surface area (Å²) in [7, 11) is 1.32. The van der Waals surface area contributed by atoms with Crippen LogP contribution >= 0.6 is 0 Å². The van der Waals surface area contributed by atoms with Crippen molar-refractivity contribution in [2.75, 3.05) is 23.7 Å². The molecule has 0 radical (unpaired) electrons. The molecule has 104 valence electrons. The van der Waals surface area contributed by atoms with Crippen LogP contribution in [0.1, 0.15) is 5.56 Å². The van der Waals surface area contributed by atoms with Crippen LogP contribution < -0.4 is 16.6 Å². The Balaban J connectivity index is 2.00. The van der Waals surface area contributed by atoms with Gasteiger partial charge in [-0.25, -0.2) is 4.84 Å². The lowest BCUT2D eigenvalue weighted by Crippen LogP contribution is -2.09. The summed E-state index contributed by atoms with van der Waals surface area (Å²) in [6.45, 7) is 1.95. The lowest BCUT2D eigenvalue weighted by molar-refractivity contribution is -0.736. The second-order valence-electron chi connectivity index (χ2n) is 4.31. The van der Waals surface area contributed by atoms with Crippen molar-refractivity contribution in [3.63, 3.8) is 0 Å². The number of hydrogen-bond donors (Lipinski definition) is 3. The van der Waals surface area contributed by atoms with E-state index >= 15 is 0 Å². The van der Waals surface area contributed by atoms with Crippen molar-refractivity contribution in [3.05, 3.63) is 52.9 Å². The normalized spacial score (nSPS) is 9.90. The standard InChI is InChI=1S/C14H17N4O2/c1-10-9-12(5-8-14(10)15)17-16-11-3-6-13(7-4-11)18(19)20-2/h3-9,16-17H,15H2,1-2H3/q+1. The Morgan fingerprint density at radius 3 is 2.25 bits per heavy atom. The summed E-state index contributed by atoms with van der Waals surface area (Å²) in [6, 6.07) is 12.5. The Morgan fingerprint density at radius 2 is 1.65 bits per heavy atom. The van der Waals surface area contributed by atoms with Crippen LogP contribution in [-0.4, -0.2) is 12.0 Å². The Kier molecular flexibility index (Phi) is 4.05. The first-order chi connectivity index (χ1) is 9.60. The zero-order chi connectivity index (χ0) is 14.5. The van der Waals surface area contributed by atoms with E-state index in [2.05, 4.69) is 15.7 Å². The minimum Gasteiger partial charge on any atom is -0.399 e. The molecule has 2 rings (SSSR count). The van der Waals surface area contributed by atoms with Crippen molar-refractivity contribution in [1.29, 1.82) is 0 Å². The lowest BCUT2D eigenvalue weighted by atomic mass is 10.2. The third kappa shape index (κ3) is 3.17. The largest absolute Gasteiger partial charge is 0.399 e. The van der Waals surface area contributed by atoms with E-state index < -0.39 is 0 Å². The number of nitrogen functional groups attached to an aromatic ring is 1. The molecule has 0 saturated carbocycles. The molecule has 0 unspecified atom stereocenters. The Bertz CT molecular complexity index is 611. The number of nitrogens with one attached hydrogen (secondary N) is 2. The van der Waals surface area contributed by atoms with Gasteiger partial charge in [0.05, 0.1) is 16.3 Å². The van der Waals surface area contributed by atoms with E-state index in [0.29, 0.717) is 10.6 Å². The van der Waals surface area contributed by atoms with Gasteiger partial charge < -0.3 is 16.6 Å². The molecule has 6 nitrogen and oxygen atoms in total. The highest BCUT2D eigenvalue weighted by molar-refractivity contribution is 5.59. The van der Waals surface area contributed by atoms with Crippen molar-refractivity contribution >= 4 is 22.7 Å². The van der Waals surface area contributed by atoms with Gasteiger partial charge in [0.25, 0.3) is 4.92 Å². The van der Waals surface area contributed by atoms with Crippen LogP contribution in [-0.2, 0) is 4.84 Å². The molecule has 0 bridgehead atoms. The average Bonchev–Trinajstić information content (AvgIpc) is 2.48. The maximum Gasteiger partial charge on any atom is 0.316 e. The van der Waals surface area contributed by atoms with Gasteiger partial charge in [-0.05, 0) is 42.8 Å². The van der Waals surface area contributed by atoms with Crippen LogP contribution in [0.3, 0.4) is 0 Å². The SMILES string of the molecule is CO[N+](=O)c1ccc(NNc2ccc(N)c(C)c2)cc1. The third-order valence-electron chi connectivity index (χ3n) is 2.86. The van der Waals surface area contributed by atoms with Crippen LogP contribution in [0.2, 0.25) is 0 Å². The molecule has 0 aliphatic carbocycles. The smallest absolute Gasteiger partial charge is 0.316 e. The number of nitrogens with zero attached hydrogens (tertiary/aromatic N) is 1. The van der Waals surface area contributed by atoms with E-state index in [1.54, 1.807) is 24.3 Å². The first-order valence-corrected chi connectivity index (χ1v) is 6.10. The maximum absolute atomic E-state index is 11.2. The van der Waals surface area contributed by atoms with Crippen molar-refractivity contribution in [2.24, 2.45) is 0 Å². The summed E-state index contributed by atoms with van der Waals surface area (Å²) in [5, 5.41) is 0. The quantitative estimate of drug-likeness (QED) is 0.576. The molecule has 0 aromatic heterocycles. The predicted octanol–water partition coefficient (Wildman–Crippen LogP) is 2.99. The van der Waals surface area contributed by atoms with E-state index in [1.807, 2.05) is 25.1 Å². The monoisotopic (exact) mass is 273 g/mol. The molecule has 0 heterocycles. The molecule has 0 atom stereocenters. The van der Waals surface area contributed by atoms with Crippen molar-refractivity contribution in [1.82, 2.24) is 0 Å². The molecule has 0 spiro atoms. The fourth-order valence-corrected chi connectivity index (χ4v) is 1.67. The summed E-state index contributed by atoms with van der Waals surface area (Å²) in [6.07, 6.45) is 0. The number of anilines is 3. The number of hydrogen-bond acceptors (Lipinski definition) is 5. The lowest BCUT2D eigenvalue weighted by Gasteiger charge is -2.10. The molecule has 2 aromatic carbocycles. The third-order valence-corrected chi connectivity index (χ3v) is 2.86. The zero-order valence-corrected chi connectivity index (χ0v) is 11.4. The molecule has 6 heteroatoms. The number of hydrazine groups is 1. The Morgan fingerprint density at radius 1 is 1.05 bits per heavy atom. The maximum atomic E-state index is 11.2. The van der Waals surface area contributed by atoms with E-state index in [-0.39, 0.29) is 0 Å². The molecular weight excluding hydrogens is 256 g/mol. The van der Waals surface area contributed by atoms with Gasteiger partial charge >= 0.3 is 5.69 Å². The molecule has 0 aliphatic rings. The highest BCUT2D eigenvalue weighted by Gasteiger charge is 2.12. The van der Waals surface area contributed by atoms with Gasteiger partial charge in [-0.15, -0.1) is 0 Å². The minimum atomic E-state index is 0.432. The average molecular weight is 273 g/mol. The fourth-order valence-electron chi connectivity index (χ4n) is 1.67. The van der Waals surface area contributed by atoms with E-state index in [0.717, 1.165) is 22.6 Å². The first-order valence-electron chi connectivity index (χ1n) is 6.10. The second-order valence-corrected chi connectivity index (χ2v) is 4.31. The number of nitrogens with two attached hydrogens (primary N) is 1. The molecule has 0 saturated heterocycles. The summed E-state index contributed by atoms with van der Waals surface area (Å²) < 4.78 is 0. The molecule has 0 amide bonds. The minimum absolute atomic E-state index is 0.432. The summed E-state index contributed by atoms with van der Waals surface area (Å²) in [5.41, 5.74) is 15.8. The number of aryl methyl sites for hydroxylation is 1. The van der Waals surface area contributed by atoms with Gasteiger partial charge in [-0.2, -0.15) is 0 Å². The molecule has 0 aliphatic heterocycles. The molecule has 20 heavy (non-hydrogen) atoms. The van der Waals surface area contributed by atoms with E-state index in [4.69, 9.17) is 5.73 Å². The molecular formula is C14H17N4O2+. The summed E-state index contributed by atoms with van der Waals surface area (Å²) in [4.78, 5) is 16.2. The molecule has 4 N–H and O–H groups in total. The van der Waals surface area contributed by atoms with Crippen LogP contribution in [0.5, 0.6) is 0 Å². The summed E-state index contributed by atoms with van der Waals surface area (Å²) >= 11 is 0. The fraction of sp³-hybridized carbons (Fsp3) is 0.143. The topological polar surface area (TPSA) is 79.4 Å². The predicted molar refractivity (Wildman–Crippen MR) is 79.6 cm³/mol. The van der Waals surface area contributed by atoms with E-state index in [9.17, 15) is 4.91 Å². The van der Waals surface area contributed by atoms with Crippen molar-refractivity contribution in [2.45, 2.75) is 6.92 Å². The van der Waals surface area contributed by atoms with Crippen LogP contribution in [0, 0.1) is 11.8 Å². The van der Waals surface area contributed by atoms with Gasteiger partial charge in [0.2, 0.25) is 0 Å². The van der Waals surface area contributed by atoms with Crippen LogP contribution in [0.15, 0.2) is 42.5 Å². The van der Waals surface area contributed by atoms with E-state index in [1.165, 1.54) is 7.11 Å². The van der Waals surface area contributed by atoms with Crippen LogP contribution in [0.25, 0.3) is 0 Å². The Labute approximate surface area is 117 Å². The summed E-state index contributed by atoms with van der Waals surface area (Å²) in [5.74, 6) is 0. The van der Waals surface area contributed by atoms with Crippen molar-refractivity contribution < 1.29 is 9.76 Å². The number of rotatable bonds is 5. The van der Waals surface area contributed by atoms with Crippen LogP contribution in [0.4, 0.5) is 22.7 Å². The zero-order valence-electron chi connectivity index (χ0n) is 11.4. The van der Waals surface area contributed by atoms with Crippen molar-refractivity contribution in [3.8, 4) is 0 Å². The highest BCUT2D eigenvalue weighted by Crippen LogP contribution is 2.19. The highest BCUT2D eigenvalue weighted by atomic mass is 16.8. The van der Waals surface area contributed by atoms with Gasteiger partial charge in [-0.1, -0.05) is 0 Å². The first kappa shape index (κ1) is 13.7. The second kappa shape index (κ2) is 5.92. The molecule has 0 fully saturated rings. The molecule has 2 aromatic rings. The van der Waals surface area contributed by atoms with Gasteiger partial charge in [0, 0.05) is 17.8 Å². The van der Waals surface area contributed by atoms with Gasteiger partial charge in [-0.3, -0.25) is 0 Å². The van der Waals surface area contributed by atoms with Gasteiger partial charge in [0.15, 0.2) is 7.11 Å². The number of benzene rings is 2. The Hall–Kier alpha value is -2.76. The van der Waals surface area contributed by atoms with Gasteiger partial charge in [0.1, 0.15) is 0 Å².